The first-order valence-electron chi connectivity index (χ1n) is 10.8. The van der Waals surface area contributed by atoms with Gasteiger partial charge in [0.25, 0.3) is 0 Å². The minimum Gasteiger partial charge on any atom is -0.481 e. The molecule has 6 heteroatoms. The summed E-state index contributed by atoms with van der Waals surface area (Å²) >= 11 is 0. The number of aliphatic carboxylic acids is 1. The van der Waals surface area contributed by atoms with Crippen LogP contribution in [0, 0.1) is 11.3 Å². The van der Waals surface area contributed by atoms with E-state index >= 15 is 0 Å². The molecule has 1 fully saturated rings. The molecule has 0 saturated heterocycles. The first-order chi connectivity index (χ1) is 14.3. The molecule has 0 bridgehead atoms. The van der Waals surface area contributed by atoms with Crippen molar-refractivity contribution in [1.29, 1.82) is 0 Å². The monoisotopic (exact) mass is 411 g/mol. The molecular weight excluding hydrogens is 378 g/mol. The number of nitrogens with one attached hydrogen (secondary N) is 1. The van der Waals surface area contributed by atoms with Crippen molar-refractivity contribution in [3.63, 3.8) is 0 Å². The van der Waals surface area contributed by atoms with E-state index in [1.807, 2.05) is 18.2 Å². The largest absolute Gasteiger partial charge is 0.481 e. The SMILES string of the molecule is CC(C)(C)C1CCC(Oc2ncc(-c3cccc(CNCCC(=O)O)c3)cn2)CC1. The number of hydrogen-bond donors (Lipinski definition) is 2. The second-order valence-electron chi connectivity index (χ2n) is 9.23. The molecule has 2 N–H and O–H groups in total. The van der Waals surface area contributed by atoms with Crippen LogP contribution in [0.3, 0.4) is 0 Å². The van der Waals surface area contributed by atoms with E-state index in [-0.39, 0.29) is 12.5 Å². The molecule has 1 saturated carbocycles. The lowest BCUT2D eigenvalue weighted by Gasteiger charge is -2.36. The average molecular weight is 412 g/mol. The third kappa shape index (κ3) is 6.52. The normalized spacial score (nSPS) is 19.4. The van der Waals surface area contributed by atoms with Crippen molar-refractivity contribution in [2.75, 3.05) is 6.54 Å². The highest BCUT2D eigenvalue weighted by atomic mass is 16.5. The lowest BCUT2D eigenvalue weighted by atomic mass is 9.72. The topological polar surface area (TPSA) is 84.3 Å². The second kappa shape index (κ2) is 10.0. The number of aromatic nitrogens is 2. The van der Waals surface area contributed by atoms with Gasteiger partial charge in [-0.1, -0.05) is 39.0 Å². The third-order valence-electron chi connectivity index (χ3n) is 5.90. The molecule has 1 aliphatic rings. The molecule has 0 spiro atoms. The van der Waals surface area contributed by atoms with E-state index in [1.165, 1.54) is 12.8 Å². The molecule has 1 aliphatic carbocycles. The molecule has 30 heavy (non-hydrogen) atoms. The van der Waals surface area contributed by atoms with Crippen molar-refractivity contribution in [3.05, 3.63) is 42.2 Å². The van der Waals surface area contributed by atoms with Crippen LogP contribution in [0.1, 0.15) is 58.4 Å². The summed E-state index contributed by atoms with van der Waals surface area (Å²) in [7, 11) is 0. The van der Waals surface area contributed by atoms with Crippen LogP contribution in [0.25, 0.3) is 11.1 Å². The predicted octanol–water partition coefficient (Wildman–Crippen LogP) is 4.69. The van der Waals surface area contributed by atoms with Gasteiger partial charge in [-0.3, -0.25) is 4.79 Å². The molecule has 1 aromatic carbocycles. The number of carbonyl (C=O) groups is 1. The zero-order valence-corrected chi connectivity index (χ0v) is 18.2. The van der Waals surface area contributed by atoms with Crippen LogP contribution in [0.4, 0.5) is 0 Å². The summed E-state index contributed by atoms with van der Waals surface area (Å²) in [6, 6.07) is 8.55. The van der Waals surface area contributed by atoms with Crippen molar-refractivity contribution in [1.82, 2.24) is 15.3 Å². The van der Waals surface area contributed by atoms with E-state index in [2.05, 4.69) is 42.1 Å². The summed E-state index contributed by atoms with van der Waals surface area (Å²) in [5.74, 6) is -0.0375. The summed E-state index contributed by atoms with van der Waals surface area (Å²) < 4.78 is 6.04. The van der Waals surface area contributed by atoms with Crippen molar-refractivity contribution >= 4 is 5.97 Å². The predicted molar refractivity (Wildman–Crippen MR) is 117 cm³/mol. The van der Waals surface area contributed by atoms with Gasteiger partial charge in [0.05, 0.1) is 6.42 Å². The van der Waals surface area contributed by atoms with Gasteiger partial charge in [0.2, 0.25) is 0 Å². The standard InChI is InChI=1S/C24H33N3O3/c1-24(2,3)20-7-9-21(10-8-20)30-23-26-15-19(16-27-23)18-6-4-5-17(13-18)14-25-12-11-22(28)29/h4-6,13,15-16,20-21,25H,7-12,14H2,1-3H3,(H,28,29). The fraction of sp³-hybridized carbons (Fsp3) is 0.542. The van der Waals surface area contributed by atoms with Crippen LogP contribution in [0.5, 0.6) is 6.01 Å². The molecule has 1 heterocycles. The maximum Gasteiger partial charge on any atom is 0.316 e. The summed E-state index contributed by atoms with van der Waals surface area (Å²) in [5, 5.41) is 11.9. The molecular formula is C24H33N3O3. The van der Waals surface area contributed by atoms with Crippen molar-refractivity contribution in [3.8, 4) is 17.1 Å². The van der Waals surface area contributed by atoms with Gasteiger partial charge in [0.1, 0.15) is 6.10 Å². The van der Waals surface area contributed by atoms with Crippen LogP contribution in [0.15, 0.2) is 36.7 Å². The van der Waals surface area contributed by atoms with Gasteiger partial charge < -0.3 is 15.2 Å². The molecule has 0 atom stereocenters. The Morgan fingerprint density at radius 3 is 2.47 bits per heavy atom. The molecule has 0 unspecified atom stereocenters. The van der Waals surface area contributed by atoms with Gasteiger partial charge in [-0.25, -0.2) is 9.97 Å². The number of carboxylic acid groups (broad SMARTS) is 1. The van der Waals surface area contributed by atoms with E-state index in [1.54, 1.807) is 12.4 Å². The molecule has 3 rings (SSSR count). The van der Waals surface area contributed by atoms with Crippen LogP contribution in [-0.4, -0.2) is 33.7 Å². The molecule has 0 amide bonds. The lowest BCUT2D eigenvalue weighted by Crippen LogP contribution is -2.30. The fourth-order valence-corrected chi connectivity index (χ4v) is 4.01. The minimum atomic E-state index is -0.794. The van der Waals surface area contributed by atoms with E-state index in [9.17, 15) is 4.79 Å². The summed E-state index contributed by atoms with van der Waals surface area (Å²) in [6.07, 6.45) is 8.44. The third-order valence-corrected chi connectivity index (χ3v) is 5.90. The lowest BCUT2D eigenvalue weighted by molar-refractivity contribution is -0.136. The number of hydrogen-bond acceptors (Lipinski definition) is 5. The number of benzene rings is 1. The highest BCUT2D eigenvalue weighted by Crippen LogP contribution is 2.38. The Morgan fingerprint density at radius 1 is 1.13 bits per heavy atom. The number of nitrogens with zero attached hydrogens (tertiary/aromatic N) is 2. The molecule has 162 valence electrons. The summed E-state index contributed by atoms with van der Waals surface area (Å²) in [4.78, 5) is 19.4. The summed E-state index contributed by atoms with van der Waals surface area (Å²) in [6.45, 7) is 8.04. The van der Waals surface area contributed by atoms with Crippen LogP contribution in [-0.2, 0) is 11.3 Å². The average Bonchev–Trinajstić information content (AvgIpc) is 2.72. The molecule has 1 aromatic heterocycles. The fourth-order valence-electron chi connectivity index (χ4n) is 4.01. The quantitative estimate of drug-likeness (QED) is 0.613. The van der Waals surface area contributed by atoms with Crippen molar-refractivity contribution < 1.29 is 14.6 Å². The Morgan fingerprint density at radius 2 is 1.83 bits per heavy atom. The maximum absolute atomic E-state index is 10.6. The van der Waals surface area contributed by atoms with E-state index in [0.29, 0.717) is 24.5 Å². The molecule has 0 radical (unpaired) electrons. The maximum atomic E-state index is 10.6. The van der Waals surface area contributed by atoms with Crippen molar-refractivity contribution in [2.24, 2.45) is 11.3 Å². The molecule has 6 nitrogen and oxygen atoms in total. The Labute approximate surface area is 179 Å². The van der Waals surface area contributed by atoms with Gasteiger partial charge in [0.15, 0.2) is 0 Å². The Kier molecular flexibility index (Phi) is 7.43. The summed E-state index contributed by atoms with van der Waals surface area (Å²) in [5.41, 5.74) is 3.42. The van der Waals surface area contributed by atoms with Crippen LogP contribution < -0.4 is 10.1 Å². The van der Waals surface area contributed by atoms with E-state index in [4.69, 9.17) is 9.84 Å². The zero-order valence-electron chi connectivity index (χ0n) is 18.2. The van der Waals surface area contributed by atoms with Crippen LogP contribution in [0.2, 0.25) is 0 Å². The Bertz CT molecular complexity index is 822. The second-order valence-corrected chi connectivity index (χ2v) is 9.23. The number of rotatable bonds is 8. The Hall–Kier alpha value is -2.47. The molecule has 2 aromatic rings. The van der Waals surface area contributed by atoms with Crippen molar-refractivity contribution in [2.45, 2.75) is 65.5 Å². The highest BCUT2D eigenvalue weighted by Gasteiger charge is 2.30. The first kappa shape index (κ1) is 22.2. The van der Waals surface area contributed by atoms with E-state index < -0.39 is 5.97 Å². The number of ether oxygens (including phenoxy) is 1. The van der Waals surface area contributed by atoms with Gasteiger partial charge in [0, 0.05) is 31.0 Å². The van der Waals surface area contributed by atoms with Gasteiger partial charge in [-0.05, 0) is 54.2 Å². The van der Waals surface area contributed by atoms with Crippen LogP contribution >= 0.6 is 0 Å². The highest BCUT2D eigenvalue weighted by molar-refractivity contribution is 5.66. The molecule has 0 aliphatic heterocycles. The van der Waals surface area contributed by atoms with Gasteiger partial charge >= 0.3 is 12.0 Å². The van der Waals surface area contributed by atoms with Gasteiger partial charge in [-0.15, -0.1) is 0 Å². The smallest absolute Gasteiger partial charge is 0.316 e. The number of carboxylic acids is 1. The first-order valence-corrected chi connectivity index (χ1v) is 10.8. The Balaban J connectivity index is 1.53. The van der Waals surface area contributed by atoms with E-state index in [0.717, 1.165) is 35.4 Å². The van der Waals surface area contributed by atoms with Gasteiger partial charge in [-0.2, -0.15) is 0 Å². The minimum absolute atomic E-state index is 0.118. The zero-order chi connectivity index (χ0) is 21.6.